The van der Waals surface area contributed by atoms with Crippen LogP contribution in [0.2, 0.25) is 5.02 Å². The second kappa shape index (κ2) is 7.12. The summed E-state index contributed by atoms with van der Waals surface area (Å²) in [6.07, 6.45) is 10.9. The van der Waals surface area contributed by atoms with E-state index >= 15 is 0 Å². The van der Waals surface area contributed by atoms with Gasteiger partial charge in [-0.15, -0.1) is 0 Å². The monoisotopic (exact) mass is 423 g/mol. The van der Waals surface area contributed by atoms with Crippen molar-refractivity contribution in [1.29, 1.82) is 0 Å². The van der Waals surface area contributed by atoms with Crippen LogP contribution >= 0.6 is 11.6 Å². The smallest absolute Gasteiger partial charge is 0.223 e. The van der Waals surface area contributed by atoms with E-state index in [1.54, 1.807) is 0 Å². The fourth-order valence-electron chi connectivity index (χ4n) is 7.52. The van der Waals surface area contributed by atoms with E-state index in [-0.39, 0.29) is 0 Å². The Hall–Kier alpha value is -1.81. The third-order valence-corrected chi connectivity index (χ3v) is 8.58. The third-order valence-electron chi connectivity index (χ3n) is 8.35. The summed E-state index contributed by atoms with van der Waals surface area (Å²) in [5.74, 6) is 3.14. The van der Waals surface area contributed by atoms with Crippen molar-refractivity contribution in [2.75, 3.05) is 31.1 Å². The highest BCUT2D eigenvalue weighted by atomic mass is 35.5. The lowest BCUT2D eigenvalue weighted by Crippen LogP contribution is -2.52. The van der Waals surface area contributed by atoms with Gasteiger partial charge in [0.05, 0.1) is 5.52 Å². The number of carbonyl (C=O) groups is 1. The molecule has 4 nitrogen and oxygen atoms in total. The summed E-state index contributed by atoms with van der Waals surface area (Å²) >= 11 is 6.14. The molecule has 0 N–H and O–H groups in total. The van der Waals surface area contributed by atoms with Gasteiger partial charge in [0.1, 0.15) is 0 Å². The van der Waals surface area contributed by atoms with Gasteiger partial charge in [-0.25, -0.2) is 0 Å². The van der Waals surface area contributed by atoms with Gasteiger partial charge in [-0.05, 0) is 86.0 Å². The van der Waals surface area contributed by atoms with E-state index < -0.39 is 0 Å². The number of aromatic nitrogens is 1. The number of benzene rings is 1. The Kier molecular flexibility index (Phi) is 4.49. The van der Waals surface area contributed by atoms with Crippen LogP contribution in [0.4, 0.5) is 5.69 Å². The Morgan fingerprint density at radius 2 is 1.67 bits per heavy atom. The Morgan fingerprint density at radius 3 is 2.33 bits per heavy atom. The lowest BCUT2D eigenvalue weighted by Gasteiger charge is -2.57. The highest BCUT2D eigenvalue weighted by Gasteiger charge is 2.51. The van der Waals surface area contributed by atoms with Crippen molar-refractivity contribution in [1.82, 2.24) is 9.88 Å². The first-order chi connectivity index (χ1) is 14.6. The molecule has 1 aromatic heterocycles. The molecule has 2 aromatic rings. The van der Waals surface area contributed by atoms with Crippen LogP contribution in [-0.4, -0.2) is 42.0 Å². The zero-order valence-corrected chi connectivity index (χ0v) is 18.3. The summed E-state index contributed by atoms with van der Waals surface area (Å²) in [6, 6.07) is 8.00. The highest BCUT2D eigenvalue weighted by Crippen LogP contribution is 2.61. The predicted octanol–water partition coefficient (Wildman–Crippen LogP) is 5.14. The van der Waals surface area contributed by atoms with Gasteiger partial charge < -0.3 is 9.80 Å². The summed E-state index contributed by atoms with van der Waals surface area (Å²) in [7, 11) is 0. The molecule has 7 rings (SSSR count). The summed E-state index contributed by atoms with van der Waals surface area (Å²) in [5.41, 5.74) is 2.47. The number of amides is 1. The fourth-order valence-corrected chi connectivity index (χ4v) is 7.68. The van der Waals surface area contributed by atoms with Crippen LogP contribution in [0.1, 0.15) is 44.9 Å². The lowest BCUT2D eigenvalue weighted by atomic mass is 9.49. The molecular weight excluding hydrogens is 394 g/mol. The van der Waals surface area contributed by atoms with E-state index in [0.717, 1.165) is 61.3 Å². The molecule has 1 aliphatic heterocycles. The molecule has 0 atom stereocenters. The Morgan fingerprint density at radius 1 is 1.00 bits per heavy atom. The number of carbonyl (C=O) groups excluding carboxylic acids is 1. The molecule has 0 unspecified atom stereocenters. The summed E-state index contributed by atoms with van der Waals surface area (Å²) in [6.45, 7) is 3.41. The maximum Gasteiger partial charge on any atom is 0.223 e. The number of fused-ring (bicyclic) bond motifs is 1. The van der Waals surface area contributed by atoms with Gasteiger partial charge in [-0.3, -0.25) is 9.78 Å². The second-order valence-electron chi connectivity index (χ2n) is 10.5. The van der Waals surface area contributed by atoms with Crippen molar-refractivity contribution >= 4 is 34.1 Å². The van der Waals surface area contributed by atoms with Gasteiger partial charge in [-0.1, -0.05) is 11.6 Å². The molecule has 1 aromatic carbocycles. The van der Waals surface area contributed by atoms with Crippen LogP contribution in [0.25, 0.3) is 10.9 Å². The molecular formula is C25H30ClN3O. The molecule has 0 radical (unpaired) electrons. The largest absolute Gasteiger partial charge is 0.367 e. The Labute approximate surface area is 183 Å². The van der Waals surface area contributed by atoms with Crippen molar-refractivity contribution in [3.63, 3.8) is 0 Å². The SMILES string of the molecule is O=C(CC12CC3CC(CC(C3)C1)C2)N1CCN(c2ccnc3cc(Cl)ccc23)CC1. The number of pyridine rings is 1. The van der Waals surface area contributed by atoms with Crippen LogP contribution in [0.5, 0.6) is 0 Å². The molecule has 4 aliphatic carbocycles. The number of rotatable bonds is 3. The van der Waals surface area contributed by atoms with Crippen LogP contribution in [-0.2, 0) is 4.79 Å². The molecule has 158 valence electrons. The second-order valence-corrected chi connectivity index (χ2v) is 10.9. The van der Waals surface area contributed by atoms with Gasteiger partial charge >= 0.3 is 0 Å². The van der Waals surface area contributed by atoms with Crippen molar-refractivity contribution in [3.05, 3.63) is 35.5 Å². The topological polar surface area (TPSA) is 36.4 Å². The molecule has 4 saturated carbocycles. The van der Waals surface area contributed by atoms with Crippen LogP contribution in [0.15, 0.2) is 30.5 Å². The van der Waals surface area contributed by atoms with Crippen molar-refractivity contribution < 1.29 is 4.79 Å². The minimum atomic E-state index is 0.337. The number of hydrogen-bond acceptors (Lipinski definition) is 3. The van der Waals surface area contributed by atoms with Gasteiger partial charge in [0.25, 0.3) is 0 Å². The molecule has 5 fully saturated rings. The summed E-state index contributed by atoms with van der Waals surface area (Å²) in [4.78, 5) is 22.3. The normalized spacial score (nSPS) is 32.8. The number of hydrogen-bond donors (Lipinski definition) is 0. The Bertz CT molecular complexity index is 946. The molecule has 5 heteroatoms. The first kappa shape index (κ1) is 18.9. The van der Waals surface area contributed by atoms with Crippen LogP contribution in [0.3, 0.4) is 0 Å². The zero-order chi connectivity index (χ0) is 20.3. The molecule has 5 aliphatic rings. The Balaban J connectivity index is 1.13. The minimum absolute atomic E-state index is 0.337. The van der Waals surface area contributed by atoms with Crippen molar-refractivity contribution in [2.24, 2.45) is 23.2 Å². The average molecular weight is 424 g/mol. The number of nitrogens with zero attached hydrogens (tertiary/aromatic N) is 3. The fraction of sp³-hybridized carbons (Fsp3) is 0.600. The molecule has 1 amide bonds. The first-order valence-electron chi connectivity index (χ1n) is 11.6. The zero-order valence-electron chi connectivity index (χ0n) is 17.5. The summed E-state index contributed by atoms with van der Waals surface area (Å²) < 4.78 is 0. The minimum Gasteiger partial charge on any atom is -0.367 e. The molecule has 30 heavy (non-hydrogen) atoms. The van der Waals surface area contributed by atoms with Crippen molar-refractivity contribution in [2.45, 2.75) is 44.9 Å². The number of halogens is 1. The third kappa shape index (κ3) is 3.28. The quantitative estimate of drug-likeness (QED) is 0.685. The van der Waals surface area contributed by atoms with Crippen LogP contribution < -0.4 is 4.90 Å². The van der Waals surface area contributed by atoms with Crippen molar-refractivity contribution in [3.8, 4) is 0 Å². The van der Waals surface area contributed by atoms with Crippen LogP contribution in [0, 0.1) is 23.2 Å². The predicted molar refractivity (Wildman–Crippen MR) is 121 cm³/mol. The van der Waals surface area contributed by atoms with E-state index in [4.69, 9.17) is 11.6 Å². The standard InChI is InChI=1S/C25H30ClN3O/c26-20-1-2-21-22(12-20)27-4-3-23(21)28-5-7-29(8-6-28)24(30)16-25-13-17-9-18(14-25)11-19(10-17)15-25/h1-4,12,17-19H,5-11,13-16H2. The lowest BCUT2D eigenvalue weighted by molar-refractivity contribution is -0.139. The van der Waals surface area contributed by atoms with E-state index in [2.05, 4.69) is 26.9 Å². The summed E-state index contributed by atoms with van der Waals surface area (Å²) in [5, 5.41) is 1.85. The highest BCUT2D eigenvalue weighted by molar-refractivity contribution is 6.31. The van der Waals surface area contributed by atoms with E-state index in [1.807, 2.05) is 18.3 Å². The molecule has 0 spiro atoms. The van der Waals surface area contributed by atoms with E-state index in [1.165, 1.54) is 44.2 Å². The number of anilines is 1. The molecule has 1 saturated heterocycles. The average Bonchev–Trinajstić information content (AvgIpc) is 2.72. The molecule has 2 heterocycles. The molecule has 4 bridgehead atoms. The van der Waals surface area contributed by atoms with Gasteiger partial charge in [0.2, 0.25) is 5.91 Å². The first-order valence-corrected chi connectivity index (χ1v) is 12.0. The maximum atomic E-state index is 13.3. The van der Waals surface area contributed by atoms with Gasteiger partial charge in [0, 0.05) is 54.9 Å². The number of piperazine rings is 1. The van der Waals surface area contributed by atoms with Gasteiger partial charge in [0.15, 0.2) is 0 Å². The van der Waals surface area contributed by atoms with E-state index in [9.17, 15) is 4.79 Å². The van der Waals surface area contributed by atoms with E-state index in [0.29, 0.717) is 16.3 Å². The maximum absolute atomic E-state index is 13.3. The van der Waals surface area contributed by atoms with Gasteiger partial charge in [-0.2, -0.15) is 0 Å².